The number of carbonyl (C=O) groups excluding carboxylic acids is 2. The van der Waals surface area contributed by atoms with Gasteiger partial charge in [0.05, 0.1) is 22.9 Å². The molecule has 0 aliphatic carbocycles. The molecule has 1 aliphatic heterocycles. The first kappa shape index (κ1) is 29.4. The van der Waals surface area contributed by atoms with Crippen LogP contribution in [0.5, 0.6) is 5.75 Å². The second-order valence-corrected chi connectivity index (χ2v) is 10.4. The van der Waals surface area contributed by atoms with Crippen LogP contribution in [0.4, 0.5) is 11.4 Å². The number of hydrogen-bond acceptors (Lipinski definition) is 7. The van der Waals surface area contributed by atoms with Gasteiger partial charge >= 0.3 is 0 Å². The second kappa shape index (κ2) is 13.2. The number of carbonyl (C=O) groups is 2. The fourth-order valence-corrected chi connectivity index (χ4v) is 4.56. The highest BCUT2D eigenvalue weighted by molar-refractivity contribution is 7.81. The Morgan fingerprint density at radius 3 is 2.63 bits per heavy atom. The first-order chi connectivity index (χ1) is 19.6. The van der Waals surface area contributed by atoms with E-state index in [0.29, 0.717) is 33.9 Å². The Morgan fingerprint density at radius 2 is 1.90 bits per heavy atom. The minimum Gasteiger partial charge on any atom is -0.505 e. The number of aromatic nitrogens is 2. The van der Waals surface area contributed by atoms with E-state index in [2.05, 4.69) is 37.5 Å². The van der Waals surface area contributed by atoms with E-state index in [1.807, 2.05) is 33.2 Å². The molecule has 0 bridgehead atoms. The number of nitrogens with one attached hydrogen (secondary N) is 2. The molecule has 9 nitrogen and oxygen atoms in total. The van der Waals surface area contributed by atoms with Crippen molar-refractivity contribution in [2.75, 3.05) is 31.3 Å². The monoisotopic (exact) mass is 568 g/mol. The average Bonchev–Trinajstić information content (AvgIpc) is 3.28. The normalized spacial score (nSPS) is 14.3. The number of amides is 2. The number of aromatic hydroxyl groups is 1. The first-order valence-electron chi connectivity index (χ1n) is 13.1. The molecular weight excluding hydrogens is 536 g/mol. The van der Waals surface area contributed by atoms with Gasteiger partial charge in [0.15, 0.2) is 0 Å². The first-order valence-corrected chi connectivity index (χ1v) is 13.5. The molecule has 0 fully saturated rings. The molecule has 41 heavy (non-hydrogen) atoms. The van der Waals surface area contributed by atoms with E-state index in [9.17, 15) is 14.7 Å². The van der Waals surface area contributed by atoms with Crippen LogP contribution in [0.25, 0.3) is 0 Å². The maximum atomic E-state index is 13.1. The Morgan fingerprint density at radius 1 is 1.12 bits per heavy atom. The Bertz CT molecular complexity index is 1610. The summed E-state index contributed by atoms with van der Waals surface area (Å²) in [5, 5.41) is 20.6. The van der Waals surface area contributed by atoms with Crippen molar-refractivity contribution in [3.63, 3.8) is 0 Å². The lowest BCUT2D eigenvalue weighted by Gasteiger charge is -2.16. The lowest BCUT2D eigenvalue weighted by Crippen LogP contribution is -2.26. The standard InChI is InChI=1S/C31H32N6O3S/c1-20-16-27(37(4)35-20)31(40)33-24-11-5-8-21(17-24)13-14-23-18-32-19-25(29(23)41)30(39)34-26-12-6-9-22(28(26)38)10-7-15-36(2)3/h5-6,8-9,11-12,16-19,23,38H,7,10,15H2,1-4H3,(H,33,40)(H,34,39)/t23-/m0/s1. The highest BCUT2D eigenvalue weighted by Gasteiger charge is 2.24. The summed E-state index contributed by atoms with van der Waals surface area (Å²) in [5.41, 5.74) is 3.75. The fraction of sp³-hybridized carbons (Fsp3) is 0.258. The zero-order valence-corrected chi connectivity index (χ0v) is 24.2. The predicted octanol–water partition coefficient (Wildman–Crippen LogP) is 4.13. The van der Waals surface area contributed by atoms with Gasteiger partial charge in [-0.2, -0.15) is 5.10 Å². The number of aliphatic imine (C=N–C) groups is 1. The van der Waals surface area contributed by atoms with Gasteiger partial charge in [-0.25, -0.2) is 0 Å². The molecule has 2 aromatic carbocycles. The van der Waals surface area contributed by atoms with Crippen molar-refractivity contribution in [1.82, 2.24) is 14.7 Å². The summed E-state index contributed by atoms with van der Waals surface area (Å²) >= 11 is 5.59. The van der Waals surface area contributed by atoms with E-state index in [0.717, 1.165) is 24.2 Å². The van der Waals surface area contributed by atoms with Crippen LogP contribution in [0, 0.1) is 24.7 Å². The van der Waals surface area contributed by atoms with E-state index in [-0.39, 0.29) is 17.2 Å². The zero-order chi connectivity index (χ0) is 29.5. The largest absolute Gasteiger partial charge is 0.505 e. The SMILES string of the molecule is Cc1cc(C(=O)Nc2cccc(C#C[C@H]3C=NC=C(C(=O)Nc4cccc(CCCN(C)C)c4O)C3=S)c2)n(C)n1. The number of phenols is 1. The van der Waals surface area contributed by atoms with Crippen LogP contribution in [0.1, 0.15) is 33.7 Å². The van der Waals surface area contributed by atoms with E-state index in [1.54, 1.807) is 49.7 Å². The van der Waals surface area contributed by atoms with Gasteiger partial charge in [-0.15, -0.1) is 0 Å². The van der Waals surface area contributed by atoms with Crippen LogP contribution in [-0.2, 0) is 18.3 Å². The zero-order valence-electron chi connectivity index (χ0n) is 23.4. The van der Waals surface area contributed by atoms with Crippen LogP contribution in [-0.4, -0.2) is 63.3 Å². The van der Waals surface area contributed by atoms with Gasteiger partial charge in [0.1, 0.15) is 11.4 Å². The van der Waals surface area contributed by atoms with Gasteiger partial charge in [0, 0.05) is 35.6 Å². The third kappa shape index (κ3) is 7.54. The minimum atomic E-state index is -0.558. The molecule has 2 amide bonds. The van der Waals surface area contributed by atoms with Crippen LogP contribution < -0.4 is 10.6 Å². The number of hydrogen-bond donors (Lipinski definition) is 3. The van der Waals surface area contributed by atoms with Gasteiger partial charge < -0.3 is 20.6 Å². The molecule has 2 heterocycles. The number of thiocarbonyl (C=S) groups is 1. The Labute approximate surface area is 245 Å². The molecular formula is C31H32N6O3S. The minimum absolute atomic E-state index is 0.0484. The van der Waals surface area contributed by atoms with Crippen molar-refractivity contribution < 1.29 is 14.7 Å². The maximum absolute atomic E-state index is 13.1. The van der Waals surface area contributed by atoms with E-state index >= 15 is 0 Å². The summed E-state index contributed by atoms with van der Waals surface area (Å²) in [5.74, 6) is 4.89. The third-order valence-corrected chi connectivity index (χ3v) is 6.85. The van der Waals surface area contributed by atoms with Crippen LogP contribution in [0.15, 0.2) is 65.3 Å². The molecule has 0 saturated carbocycles. The summed E-state index contributed by atoms with van der Waals surface area (Å²) in [6, 6.07) is 14.2. The molecule has 3 aromatic rings. The number of benzene rings is 2. The van der Waals surface area contributed by atoms with Crippen molar-refractivity contribution in [3.05, 3.63) is 82.8 Å². The highest BCUT2D eigenvalue weighted by Crippen LogP contribution is 2.29. The van der Waals surface area contributed by atoms with Gasteiger partial charge in [-0.3, -0.25) is 19.3 Å². The van der Waals surface area contributed by atoms with Crippen molar-refractivity contribution in [2.24, 2.45) is 18.0 Å². The lowest BCUT2D eigenvalue weighted by atomic mass is 9.97. The molecule has 3 N–H and O–H groups in total. The van der Waals surface area contributed by atoms with Gasteiger partial charge in [-0.05, 0) is 76.3 Å². The topological polar surface area (TPSA) is 112 Å². The van der Waals surface area contributed by atoms with Crippen LogP contribution in [0.2, 0.25) is 0 Å². The summed E-state index contributed by atoms with van der Waals surface area (Å²) in [6.07, 6.45) is 4.56. The molecule has 1 aliphatic rings. The molecule has 10 heteroatoms. The van der Waals surface area contributed by atoms with Gasteiger partial charge in [0.25, 0.3) is 11.8 Å². The van der Waals surface area contributed by atoms with Crippen molar-refractivity contribution in [3.8, 4) is 17.6 Å². The molecule has 4 rings (SSSR count). The van der Waals surface area contributed by atoms with E-state index in [1.165, 1.54) is 10.9 Å². The summed E-state index contributed by atoms with van der Waals surface area (Å²) in [7, 11) is 5.72. The summed E-state index contributed by atoms with van der Waals surface area (Å²) in [6.45, 7) is 2.72. The molecule has 0 spiro atoms. The number of nitrogens with zero attached hydrogens (tertiary/aromatic N) is 4. The number of para-hydroxylation sites is 1. The van der Waals surface area contributed by atoms with E-state index in [4.69, 9.17) is 12.2 Å². The van der Waals surface area contributed by atoms with Crippen LogP contribution >= 0.6 is 12.2 Å². The lowest BCUT2D eigenvalue weighted by molar-refractivity contribution is -0.112. The number of anilines is 2. The van der Waals surface area contributed by atoms with E-state index < -0.39 is 11.8 Å². The number of phenolic OH excluding ortho intramolecular Hbond substituents is 1. The highest BCUT2D eigenvalue weighted by atomic mass is 32.1. The Hall–Kier alpha value is -4.59. The smallest absolute Gasteiger partial charge is 0.273 e. The summed E-state index contributed by atoms with van der Waals surface area (Å²) in [4.78, 5) is 32.4. The third-order valence-electron chi connectivity index (χ3n) is 6.38. The Kier molecular flexibility index (Phi) is 9.45. The molecule has 0 unspecified atom stereocenters. The Balaban J connectivity index is 1.41. The average molecular weight is 569 g/mol. The van der Waals surface area contributed by atoms with Crippen molar-refractivity contribution in [1.29, 1.82) is 0 Å². The number of aryl methyl sites for hydroxylation is 3. The molecule has 0 saturated heterocycles. The van der Waals surface area contributed by atoms with Crippen molar-refractivity contribution >= 4 is 46.5 Å². The quantitative estimate of drug-likeness (QED) is 0.214. The number of rotatable bonds is 8. The molecule has 210 valence electrons. The molecule has 1 atom stereocenters. The van der Waals surface area contributed by atoms with Crippen LogP contribution in [0.3, 0.4) is 0 Å². The maximum Gasteiger partial charge on any atom is 0.273 e. The molecule has 1 aromatic heterocycles. The fourth-order valence-electron chi connectivity index (χ4n) is 4.30. The van der Waals surface area contributed by atoms with Crippen molar-refractivity contribution in [2.45, 2.75) is 19.8 Å². The predicted molar refractivity (Wildman–Crippen MR) is 165 cm³/mol. The van der Waals surface area contributed by atoms with Gasteiger partial charge in [0.2, 0.25) is 0 Å². The summed E-state index contributed by atoms with van der Waals surface area (Å²) < 4.78 is 1.53. The second-order valence-electron chi connectivity index (χ2n) is 9.96. The molecule has 0 radical (unpaired) electrons. The van der Waals surface area contributed by atoms with Gasteiger partial charge in [-0.1, -0.05) is 42.3 Å².